The molecule has 20 heteroatoms. The summed E-state index contributed by atoms with van der Waals surface area (Å²) in [4.78, 5) is 74.7. The number of carbonyl (C=O) groups excluding carboxylic acids is 5. The summed E-state index contributed by atoms with van der Waals surface area (Å²) in [5, 5.41) is 50.0. The lowest BCUT2D eigenvalue weighted by Crippen LogP contribution is -2.59. The number of rotatable bonds is 22. The number of nitrogens with one attached hydrogen (secondary N) is 9. The summed E-state index contributed by atoms with van der Waals surface area (Å²) in [6, 6.07) is -6.04. The van der Waals surface area contributed by atoms with Crippen molar-refractivity contribution in [2.24, 2.45) is 23.1 Å². The third kappa shape index (κ3) is 18.2. The normalized spacial score (nSPS) is 14.0. The van der Waals surface area contributed by atoms with Gasteiger partial charge in [-0.1, -0.05) is 13.8 Å². The quantitative estimate of drug-likeness (QED) is 0.0295. The van der Waals surface area contributed by atoms with Crippen LogP contribution in [0.25, 0.3) is 0 Å². The molecule has 0 spiro atoms. The van der Waals surface area contributed by atoms with Crippen LogP contribution >= 0.6 is 0 Å². The van der Waals surface area contributed by atoms with Crippen molar-refractivity contribution in [2.75, 3.05) is 26.2 Å². The van der Waals surface area contributed by atoms with Crippen molar-refractivity contribution in [1.29, 1.82) is 10.8 Å². The van der Waals surface area contributed by atoms with Crippen LogP contribution in [0.2, 0.25) is 0 Å². The van der Waals surface area contributed by atoms with E-state index in [2.05, 4.69) is 37.2 Å². The first kappa shape index (κ1) is 41.3. The second-order valence-corrected chi connectivity index (χ2v) is 10.9. The molecule has 0 heterocycles. The van der Waals surface area contributed by atoms with Gasteiger partial charge in [-0.05, 0) is 44.9 Å². The molecule has 0 radical (unpaired) electrons. The Hall–Kier alpha value is -4.72. The van der Waals surface area contributed by atoms with Crippen LogP contribution in [-0.2, 0) is 28.8 Å². The number of carboxylic acids is 1. The Morgan fingerprint density at radius 3 is 1.67 bits per heavy atom. The first-order valence-electron chi connectivity index (χ1n) is 14.7. The Bertz CT molecular complexity index is 1070. The van der Waals surface area contributed by atoms with Crippen molar-refractivity contribution >= 4 is 47.4 Å². The fourth-order valence-electron chi connectivity index (χ4n) is 3.88. The molecule has 0 aliphatic carbocycles. The molecule has 0 saturated heterocycles. The first-order chi connectivity index (χ1) is 21.5. The zero-order valence-corrected chi connectivity index (χ0v) is 26.4. The van der Waals surface area contributed by atoms with E-state index >= 15 is 0 Å². The lowest BCUT2D eigenvalue weighted by Gasteiger charge is -2.25. The van der Waals surface area contributed by atoms with Crippen molar-refractivity contribution < 1.29 is 39.0 Å². The first-order valence-corrected chi connectivity index (χ1v) is 14.7. The van der Waals surface area contributed by atoms with E-state index in [0.29, 0.717) is 19.4 Å². The van der Waals surface area contributed by atoms with Gasteiger partial charge < -0.3 is 64.6 Å². The monoisotopic (exact) mass is 658 g/mol. The predicted octanol–water partition coefficient (Wildman–Crippen LogP) is -4.96. The third-order valence-corrected chi connectivity index (χ3v) is 6.28. The molecule has 5 amide bonds. The summed E-state index contributed by atoms with van der Waals surface area (Å²) >= 11 is 0. The minimum absolute atomic E-state index is 0.0770. The van der Waals surface area contributed by atoms with Crippen molar-refractivity contribution in [2.45, 2.75) is 83.1 Å². The maximum atomic E-state index is 13.1. The zero-order valence-electron chi connectivity index (χ0n) is 26.4. The predicted molar refractivity (Wildman–Crippen MR) is 167 cm³/mol. The highest BCUT2D eigenvalue weighted by Gasteiger charge is 2.30. The van der Waals surface area contributed by atoms with Gasteiger partial charge in [-0.2, -0.15) is 0 Å². The average Bonchev–Trinajstić information content (AvgIpc) is 2.96. The highest BCUT2D eigenvalue weighted by molar-refractivity contribution is 5.96. The Morgan fingerprint density at radius 2 is 1.17 bits per heavy atom. The van der Waals surface area contributed by atoms with Gasteiger partial charge in [0.2, 0.25) is 29.5 Å². The molecule has 0 fully saturated rings. The van der Waals surface area contributed by atoms with Crippen LogP contribution in [0.4, 0.5) is 0 Å². The van der Waals surface area contributed by atoms with Crippen molar-refractivity contribution in [3.63, 3.8) is 0 Å². The average molecular weight is 659 g/mol. The van der Waals surface area contributed by atoms with Gasteiger partial charge in [-0.25, -0.2) is 0 Å². The van der Waals surface area contributed by atoms with E-state index in [1.54, 1.807) is 13.8 Å². The molecule has 0 saturated carbocycles. The van der Waals surface area contributed by atoms with E-state index < -0.39 is 78.9 Å². The maximum absolute atomic E-state index is 13.1. The number of guanidine groups is 2. The van der Waals surface area contributed by atoms with Gasteiger partial charge in [-0.15, -0.1) is 0 Å². The molecular formula is C26H50N12O8. The van der Waals surface area contributed by atoms with Gasteiger partial charge in [0.15, 0.2) is 11.9 Å². The third-order valence-electron chi connectivity index (χ3n) is 6.28. The topological polar surface area (TPSA) is 353 Å². The van der Waals surface area contributed by atoms with Crippen LogP contribution in [0.5, 0.6) is 0 Å². The van der Waals surface area contributed by atoms with Gasteiger partial charge in [0.05, 0.1) is 12.6 Å². The minimum Gasteiger partial charge on any atom is -0.480 e. The number of hydrogen-bond donors (Lipinski definition) is 14. The lowest BCUT2D eigenvalue weighted by molar-refractivity contribution is -0.138. The van der Waals surface area contributed by atoms with Crippen LogP contribution in [0.1, 0.15) is 52.9 Å². The molecule has 5 atom stereocenters. The number of carbonyl (C=O) groups is 6. The summed E-state index contributed by atoms with van der Waals surface area (Å²) in [6.07, 6.45) is 1.14. The molecule has 0 aliphatic heterocycles. The van der Waals surface area contributed by atoms with Crippen molar-refractivity contribution in [1.82, 2.24) is 37.2 Å². The van der Waals surface area contributed by atoms with E-state index in [1.165, 1.54) is 6.92 Å². The summed E-state index contributed by atoms with van der Waals surface area (Å²) < 4.78 is 0. The number of carboxylic acid groups (broad SMARTS) is 1. The zero-order chi connectivity index (χ0) is 35.4. The molecule has 0 aliphatic rings. The SMILES string of the molecule is CC(C)C[C@H](NC(=O)[C@H](CO)NC(=O)[C@H](C)NC(=O)[C@H](CCCNC(=N)N)NC(=O)[C@@H](N)CCCNC(=N)N)C(=O)NCC(=O)O. The Labute approximate surface area is 267 Å². The van der Waals surface area contributed by atoms with Gasteiger partial charge >= 0.3 is 5.97 Å². The summed E-state index contributed by atoms with van der Waals surface area (Å²) in [5.41, 5.74) is 16.4. The molecule has 20 nitrogen and oxygen atoms in total. The second kappa shape index (κ2) is 21.9. The molecule has 262 valence electrons. The second-order valence-electron chi connectivity index (χ2n) is 10.9. The number of nitrogens with two attached hydrogens (primary N) is 3. The molecular weight excluding hydrogens is 608 g/mol. The van der Waals surface area contributed by atoms with Gasteiger partial charge in [-0.3, -0.25) is 39.6 Å². The molecule has 0 aromatic carbocycles. The van der Waals surface area contributed by atoms with E-state index in [-0.39, 0.29) is 43.6 Å². The number of aliphatic hydroxyl groups excluding tert-OH is 1. The van der Waals surface area contributed by atoms with Crippen molar-refractivity contribution in [3.8, 4) is 0 Å². The number of amides is 5. The Balaban J connectivity index is 5.40. The number of hydrogen-bond acceptors (Lipinski definition) is 10. The van der Waals surface area contributed by atoms with E-state index in [1.807, 2.05) is 0 Å². The smallest absolute Gasteiger partial charge is 0.322 e. The van der Waals surface area contributed by atoms with Crippen LogP contribution < -0.4 is 54.4 Å². The molecule has 0 unspecified atom stereocenters. The van der Waals surface area contributed by atoms with Crippen LogP contribution in [0.3, 0.4) is 0 Å². The van der Waals surface area contributed by atoms with Crippen LogP contribution in [0, 0.1) is 16.7 Å². The summed E-state index contributed by atoms with van der Waals surface area (Å²) in [6.45, 7) is 3.86. The molecule has 0 rings (SSSR count). The highest BCUT2D eigenvalue weighted by Crippen LogP contribution is 2.06. The molecule has 0 bridgehead atoms. The molecule has 0 aromatic heterocycles. The Kier molecular flexibility index (Phi) is 19.6. The van der Waals surface area contributed by atoms with Gasteiger partial charge in [0.25, 0.3) is 0 Å². The lowest BCUT2D eigenvalue weighted by atomic mass is 10.0. The molecule has 17 N–H and O–H groups in total. The van der Waals surface area contributed by atoms with Crippen LogP contribution in [-0.4, -0.2) is 114 Å². The van der Waals surface area contributed by atoms with Gasteiger partial charge in [0.1, 0.15) is 30.7 Å². The van der Waals surface area contributed by atoms with Gasteiger partial charge in [0, 0.05) is 13.1 Å². The fraction of sp³-hybridized carbons (Fsp3) is 0.692. The minimum atomic E-state index is -1.52. The molecule has 46 heavy (non-hydrogen) atoms. The Morgan fingerprint density at radius 1 is 0.674 bits per heavy atom. The fourth-order valence-corrected chi connectivity index (χ4v) is 3.88. The maximum Gasteiger partial charge on any atom is 0.322 e. The van der Waals surface area contributed by atoms with E-state index in [0.717, 1.165) is 0 Å². The van der Waals surface area contributed by atoms with E-state index in [4.69, 9.17) is 33.1 Å². The standard InChI is InChI=1S/C26H50N12O8/c1-13(2)10-17(22(44)34-11-19(40)41)37-24(46)18(12-39)38-20(42)14(3)35-23(45)16(7-5-9-33-26(30)31)36-21(43)15(27)6-4-8-32-25(28)29/h13-18,39H,4-12,27H2,1-3H3,(H,34,44)(H,35,45)(H,36,43)(H,37,46)(H,38,42)(H,40,41)(H4,28,29,32)(H4,30,31,33)/t14-,15-,16-,17-,18-/m0/s1. The molecule has 0 aromatic rings. The number of aliphatic carboxylic acids is 1. The summed E-state index contributed by atoms with van der Waals surface area (Å²) in [7, 11) is 0. The van der Waals surface area contributed by atoms with Crippen LogP contribution in [0.15, 0.2) is 0 Å². The van der Waals surface area contributed by atoms with Crippen molar-refractivity contribution in [3.05, 3.63) is 0 Å². The highest BCUT2D eigenvalue weighted by atomic mass is 16.4. The van der Waals surface area contributed by atoms with E-state index in [9.17, 15) is 33.9 Å². The number of aliphatic hydroxyl groups is 1. The summed E-state index contributed by atoms with van der Waals surface area (Å²) in [5.74, 6) is -5.80. The largest absolute Gasteiger partial charge is 0.480 e.